The summed E-state index contributed by atoms with van der Waals surface area (Å²) in [5.41, 5.74) is 1.64. The molecule has 0 atom stereocenters. The average molecular weight is 494 g/mol. The summed E-state index contributed by atoms with van der Waals surface area (Å²) in [4.78, 5) is 34.2. The van der Waals surface area contributed by atoms with E-state index in [0.717, 1.165) is 36.5 Å². The fraction of sp³-hybridized carbons (Fsp3) is 0.208. The van der Waals surface area contributed by atoms with Crippen LogP contribution in [0.4, 0.5) is 17.2 Å². The normalized spacial score (nSPS) is 14.1. The Morgan fingerprint density at radius 3 is 2.31 bits per heavy atom. The lowest BCUT2D eigenvalue weighted by molar-refractivity contribution is -0.117. The highest BCUT2D eigenvalue weighted by Crippen LogP contribution is 2.19. The van der Waals surface area contributed by atoms with E-state index in [9.17, 15) is 9.59 Å². The quantitative estimate of drug-likeness (QED) is 0.545. The molecule has 0 unspecified atom stereocenters. The number of hydrogen-bond acceptors (Lipinski definition) is 5. The molecule has 7 nitrogen and oxygen atoms in total. The highest BCUT2D eigenvalue weighted by molar-refractivity contribution is 9.10. The van der Waals surface area contributed by atoms with Gasteiger partial charge in [0, 0.05) is 42.5 Å². The number of piperazine rings is 1. The summed E-state index contributed by atoms with van der Waals surface area (Å²) in [7, 11) is 0. The molecule has 2 aromatic carbocycles. The fourth-order valence-corrected chi connectivity index (χ4v) is 3.83. The van der Waals surface area contributed by atoms with Crippen LogP contribution in [0.15, 0.2) is 77.4 Å². The molecular weight excluding hydrogens is 470 g/mol. The SMILES string of the molecule is O=C(CN1CCN(c2ccc(Br)cn2)CC1)Nc1ccccc1C(=O)Nc1ccccc1. The van der Waals surface area contributed by atoms with E-state index in [2.05, 4.69) is 41.3 Å². The van der Waals surface area contributed by atoms with Gasteiger partial charge in [0.05, 0.1) is 17.8 Å². The van der Waals surface area contributed by atoms with Crippen LogP contribution in [-0.4, -0.2) is 54.4 Å². The first kappa shape index (κ1) is 22.0. The van der Waals surface area contributed by atoms with Gasteiger partial charge in [-0.15, -0.1) is 0 Å². The Morgan fingerprint density at radius 2 is 1.59 bits per heavy atom. The first-order valence-corrected chi connectivity index (χ1v) is 11.2. The van der Waals surface area contributed by atoms with E-state index in [1.54, 1.807) is 30.5 Å². The summed E-state index contributed by atoms with van der Waals surface area (Å²) >= 11 is 3.40. The number of para-hydroxylation sites is 2. The third-order valence-electron chi connectivity index (χ3n) is 5.25. The van der Waals surface area contributed by atoms with Gasteiger partial charge >= 0.3 is 0 Å². The molecule has 3 aromatic rings. The van der Waals surface area contributed by atoms with E-state index >= 15 is 0 Å². The van der Waals surface area contributed by atoms with Crippen molar-refractivity contribution in [1.82, 2.24) is 9.88 Å². The van der Waals surface area contributed by atoms with E-state index in [-0.39, 0.29) is 18.4 Å². The third kappa shape index (κ3) is 5.72. The molecule has 2 heterocycles. The smallest absolute Gasteiger partial charge is 0.257 e. The second kappa shape index (κ2) is 10.4. The van der Waals surface area contributed by atoms with E-state index in [4.69, 9.17) is 0 Å². The highest BCUT2D eigenvalue weighted by atomic mass is 79.9. The van der Waals surface area contributed by atoms with E-state index < -0.39 is 0 Å². The number of nitrogens with zero attached hydrogens (tertiary/aromatic N) is 3. The average Bonchev–Trinajstić information content (AvgIpc) is 2.81. The number of anilines is 3. The maximum atomic E-state index is 12.7. The van der Waals surface area contributed by atoms with Crippen molar-refractivity contribution in [2.75, 3.05) is 48.3 Å². The first-order chi connectivity index (χ1) is 15.6. The van der Waals surface area contributed by atoms with Crippen LogP contribution in [0.5, 0.6) is 0 Å². The lowest BCUT2D eigenvalue weighted by atomic mass is 10.1. The number of hydrogen-bond donors (Lipinski definition) is 2. The number of nitrogens with one attached hydrogen (secondary N) is 2. The number of aromatic nitrogens is 1. The molecule has 0 radical (unpaired) electrons. The monoisotopic (exact) mass is 493 g/mol. The molecular formula is C24H24BrN5O2. The van der Waals surface area contributed by atoms with Gasteiger partial charge in [-0.05, 0) is 52.3 Å². The van der Waals surface area contributed by atoms with Crippen LogP contribution in [0.25, 0.3) is 0 Å². The minimum absolute atomic E-state index is 0.139. The van der Waals surface area contributed by atoms with Gasteiger partial charge in [-0.2, -0.15) is 0 Å². The largest absolute Gasteiger partial charge is 0.354 e. The van der Waals surface area contributed by atoms with Gasteiger partial charge in [0.2, 0.25) is 5.91 Å². The lowest BCUT2D eigenvalue weighted by Crippen LogP contribution is -2.49. The Balaban J connectivity index is 1.32. The minimum atomic E-state index is -0.261. The second-order valence-electron chi connectivity index (χ2n) is 7.51. The molecule has 1 fully saturated rings. The zero-order chi connectivity index (χ0) is 22.3. The van der Waals surface area contributed by atoms with Crippen LogP contribution in [0.2, 0.25) is 0 Å². The van der Waals surface area contributed by atoms with Crippen LogP contribution in [0.1, 0.15) is 10.4 Å². The van der Waals surface area contributed by atoms with Crippen LogP contribution >= 0.6 is 15.9 Å². The van der Waals surface area contributed by atoms with Gasteiger partial charge in [0.15, 0.2) is 0 Å². The number of pyridine rings is 1. The molecule has 2 N–H and O–H groups in total. The molecule has 0 bridgehead atoms. The van der Waals surface area contributed by atoms with Crippen LogP contribution in [0.3, 0.4) is 0 Å². The topological polar surface area (TPSA) is 77.6 Å². The van der Waals surface area contributed by atoms with E-state index in [1.165, 1.54) is 0 Å². The third-order valence-corrected chi connectivity index (χ3v) is 5.72. The van der Waals surface area contributed by atoms with Crippen LogP contribution < -0.4 is 15.5 Å². The van der Waals surface area contributed by atoms with Crippen molar-refractivity contribution in [3.8, 4) is 0 Å². The molecule has 1 aromatic heterocycles. The highest BCUT2D eigenvalue weighted by Gasteiger charge is 2.21. The van der Waals surface area contributed by atoms with Gasteiger partial charge in [-0.25, -0.2) is 4.98 Å². The molecule has 4 rings (SSSR count). The summed E-state index contributed by atoms with van der Waals surface area (Å²) in [6.07, 6.45) is 1.79. The Bertz CT molecular complexity index is 1070. The fourth-order valence-electron chi connectivity index (χ4n) is 3.59. The number of carbonyl (C=O) groups excluding carboxylic acids is 2. The summed E-state index contributed by atoms with van der Waals surface area (Å²) < 4.78 is 0.953. The molecule has 8 heteroatoms. The van der Waals surface area contributed by atoms with E-state index in [0.29, 0.717) is 16.9 Å². The molecule has 1 aliphatic rings. The maximum Gasteiger partial charge on any atom is 0.257 e. The summed E-state index contributed by atoms with van der Waals surface area (Å²) in [5.74, 6) is 0.540. The van der Waals surface area contributed by atoms with Crippen molar-refractivity contribution in [3.63, 3.8) is 0 Å². The molecule has 0 aliphatic carbocycles. The molecule has 1 aliphatic heterocycles. The Labute approximate surface area is 195 Å². The lowest BCUT2D eigenvalue weighted by Gasteiger charge is -2.35. The van der Waals surface area contributed by atoms with Gasteiger partial charge in [-0.1, -0.05) is 30.3 Å². The number of benzene rings is 2. The molecule has 0 spiro atoms. The van der Waals surface area contributed by atoms with Crippen molar-refractivity contribution in [2.45, 2.75) is 0 Å². The molecule has 2 amide bonds. The van der Waals surface area contributed by atoms with Crippen molar-refractivity contribution < 1.29 is 9.59 Å². The molecule has 164 valence electrons. The number of carbonyl (C=O) groups is 2. The second-order valence-corrected chi connectivity index (χ2v) is 8.43. The Kier molecular flexibility index (Phi) is 7.14. The molecule has 0 saturated carbocycles. The van der Waals surface area contributed by atoms with Crippen molar-refractivity contribution in [3.05, 3.63) is 83.0 Å². The standard InChI is InChI=1S/C24H24BrN5O2/c25-18-10-11-22(26-16-18)30-14-12-29(13-15-30)17-23(31)28-21-9-5-4-8-20(21)24(32)27-19-6-2-1-3-7-19/h1-11,16H,12-15,17H2,(H,27,32)(H,28,31). The predicted molar refractivity (Wildman–Crippen MR) is 130 cm³/mol. The minimum Gasteiger partial charge on any atom is -0.354 e. The van der Waals surface area contributed by atoms with Crippen molar-refractivity contribution in [2.24, 2.45) is 0 Å². The zero-order valence-corrected chi connectivity index (χ0v) is 19.1. The summed E-state index contributed by atoms with van der Waals surface area (Å²) in [5, 5.41) is 5.76. The van der Waals surface area contributed by atoms with Gasteiger partial charge in [0.25, 0.3) is 5.91 Å². The van der Waals surface area contributed by atoms with Gasteiger partial charge in [-0.3, -0.25) is 14.5 Å². The van der Waals surface area contributed by atoms with Crippen LogP contribution in [0, 0.1) is 0 Å². The summed E-state index contributed by atoms with van der Waals surface area (Å²) in [6.45, 7) is 3.41. The first-order valence-electron chi connectivity index (χ1n) is 10.4. The van der Waals surface area contributed by atoms with Crippen molar-refractivity contribution in [1.29, 1.82) is 0 Å². The van der Waals surface area contributed by atoms with Gasteiger partial charge in [0.1, 0.15) is 5.82 Å². The number of amides is 2. The van der Waals surface area contributed by atoms with Gasteiger partial charge < -0.3 is 15.5 Å². The summed E-state index contributed by atoms with van der Waals surface area (Å²) in [6, 6.07) is 20.3. The van der Waals surface area contributed by atoms with Crippen molar-refractivity contribution >= 4 is 44.9 Å². The Hall–Kier alpha value is -3.23. The number of rotatable bonds is 6. The maximum absolute atomic E-state index is 12.7. The van der Waals surface area contributed by atoms with Crippen LogP contribution in [-0.2, 0) is 4.79 Å². The molecule has 32 heavy (non-hydrogen) atoms. The number of halogens is 1. The Morgan fingerprint density at radius 1 is 0.875 bits per heavy atom. The molecule has 1 saturated heterocycles. The zero-order valence-electron chi connectivity index (χ0n) is 17.5. The van der Waals surface area contributed by atoms with E-state index in [1.807, 2.05) is 42.5 Å². The predicted octanol–water partition coefficient (Wildman–Crippen LogP) is 3.86.